The molecule has 0 saturated carbocycles. The fraction of sp³-hybridized carbons (Fsp3) is 0.571. The Kier molecular flexibility index (Phi) is 18.8. The molecule has 6 nitrogen and oxygen atoms in total. The Balaban J connectivity index is 2.69. The van der Waals surface area contributed by atoms with E-state index in [1.54, 1.807) is 12.2 Å². The van der Waals surface area contributed by atoms with Crippen molar-refractivity contribution in [3.05, 3.63) is 94.1 Å². The lowest BCUT2D eigenvalue weighted by Gasteiger charge is -2.28. The Labute approximate surface area is 334 Å². The first-order valence-corrected chi connectivity index (χ1v) is 23.8. The van der Waals surface area contributed by atoms with Gasteiger partial charge in [-0.05, 0) is 68.9 Å². The molecule has 0 fully saturated rings. The summed E-state index contributed by atoms with van der Waals surface area (Å²) in [7, 11) is -7.88. The second-order valence-electron chi connectivity index (χ2n) is 15.4. The highest BCUT2D eigenvalue weighted by Gasteiger charge is 2.33. The number of hydrogen-bond acceptors (Lipinski definition) is 4. The van der Waals surface area contributed by atoms with E-state index in [4.69, 9.17) is 0 Å². The van der Waals surface area contributed by atoms with Crippen LogP contribution in [0.4, 0.5) is 0 Å². The number of rotatable bonds is 20. The summed E-state index contributed by atoms with van der Waals surface area (Å²) in [5.41, 5.74) is 5.58. The zero-order chi connectivity index (χ0) is 39.6. The van der Waals surface area contributed by atoms with Crippen molar-refractivity contribution in [2.75, 3.05) is 36.8 Å². The third-order valence-corrected chi connectivity index (χ3v) is 13.9. The second kappa shape index (κ2) is 20.9. The van der Waals surface area contributed by atoms with Gasteiger partial charge in [0.2, 0.25) is 20.0 Å². The molecule has 292 valence electrons. The maximum atomic E-state index is 14.7. The standard InChI is InChI=1S/C42H64Br2N2O4S2/c1-29(2)35-25-37(31(5)6)41(38(26-35)32(7)8)51(47,48)45(21-15-13-19-43)23-17-18-24-46(22-16-14-20-44)52(49,50)42-39(33(9)10)27-36(30(3)4)28-40(42)34(11)12/h13-18,25-34H,19-24H2,1-12H3/b15-13-,16-14+,18-17+. The molecule has 52 heavy (non-hydrogen) atoms. The molecular weight excluding hydrogens is 820 g/mol. The van der Waals surface area contributed by atoms with Crippen molar-refractivity contribution in [2.24, 2.45) is 0 Å². The third kappa shape index (κ3) is 12.0. The topological polar surface area (TPSA) is 74.8 Å². The van der Waals surface area contributed by atoms with Gasteiger partial charge in [-0.3, -0.25) is 0 Å². The maximum absolute atomic E-state index is 14.7. The molecule has 2 rings (SSSR count). The van der Waals surface area contributed by atoms with Crippen LogP contribution in [-0.4, -0.2) is 62.3 Å². The van der Waals surface area contributed by atoms with Crippen LogP contribution in [0.5, 0.6) is 0 Å². The Morgan fingerprint density at radius 1 is 0.442 bits per heavy atom. The summed E-state index contributed by atoms with van der Waals surface area (Å²) in [4.78, 5) is 0.776. The van der Waals surface area contributed by atoms with Crippen LogP contribution in [0.3, 0.4) is 0 Å². The first-order valence-electron chi connectivity index (χ1n) is 18.7. The predicted molar refractivity (Wildman–Crippen MR) is 230 cm³/mol. The second-order valence-corrected chi connectivity index (χ2v) is 20.4. The molecule has 0 saturated heterocycles. The lowest BCUT2D eigenvalue weighted by molar-refractivity contribution is 0.462. The van der Waals surface area contributed by atoms with Crippen molar-refractivity contribution < 1.29 is 16.8 Å². The largest absolute Gasteiger partial charge is 0.244 e. The minimum atomic E-state index is -3.94. The zero-order valence-electron chi connectivity index (χ0n) is 33.6. The van der Waals surface area contributed by atoms with Gasteiger partial charge in [0.1, 0.15) is 0 Å². The molecule has 10 heteroatoms. The van der Waals surface area contributed by atoms with E-state index in [1.807, 2.05) is 79.7 Å². The van der Waals surface area contributed by atoms with Crippen LogP contribution < -0.4 is 0 Å². The van der Waals surface area contributed by atoms with Gasteiger partial charge in [0, 0.05) is 36.8 Å². The van der Waals surface area contributed by atoms with Gasteiger partial charge in [-0.2, -0.15) is 8.61 Å². The molecule has 0 unspecified atom stereocenters. The van der Waals surface area contributed by atoms with Crippen molar-refractivity contribution in [1.82, 2.24) is 8.61 Å². The van der Waals surface area contributed by atoms with Gasteiger partial charge < -0.3 is 0 Å². The predicted octanol–water partition coefficient (Wildman–Crippen LogP) is 11.6. The molecule has 0 aromatic heterocycles. The first-order chi connectivity index (χ1) is 24.2. The average Bonchev–Trinajstić information content (AvgIpc) is 3.06. The van der Waals surface area contributed by atoms with Gasteiger partial charge in [-0.1, -0.05) is 176 Å². The molecule has 0 aliphatic carbocycles. The summed E-state index contributed by atoms with van der Waals surface area (Å²) in [5.74, 6) is 0.538. The number of halogens is 2. The van der Waals surface area contributed by atoms with E-state index in [0.717, 1.165) is 33.4 Å². The molecule has 0 heterocycles. The van der Waals surface area contributed by atoms with Crippen LogP contribution in [0.25, 0.3) is 0 Å². The van der Waals surface area contributed by atoms with Gasteiger partial charge in [0.25, 0.3) is 0 Å². The molecule has 0 aliphatic rings. The Morgan fingerprint density at radius 2 is 0.673 bits per heavy atom. The lowest BCUT2D eigenvalue weighted by Crippen LogP contribution is -2.34. The van der Waals surface area contributed by atoms with Crippen molar-refractivity contribution >= 4 is 51.9 Å². The highest BCUT2D eigenvalue weighted by molar-refractivity contribution is 9.09. The van der Waals surface area contributed by atoms with E-state index in [0.29, 0.717) is 20.5 Å². The summed E-state index contributed by atoms with van der Waals surface area (Å²) in [6.45, 7) is 25.4. The van der Waals surface area contributed by atoms with Crippen molar-refractivity contribution in [3.8, 4) is 0 Å². The zero-order valence-corrected chi connectivity index (χ0v) is 38.4. The molecule has 0 spiro atoms. The smallest absolute Gasteiger partial charge is 0.207 e. The number of alkyl halides is 2. The molecular formula is C42H64Br2N2O4S2. The molecule has 2 aromatic rings. The maximum Gasteiger partial charge on any atom is 0.244 e. The monoisotopic (exact) mass is 882 g/mol. The average molecular weight is 885 g/mol. The lowest BCUT2D eigenvalue weighted by atomic mass is 9.89. The summed E-state index contributed by atoms with van der Waals surface area (Å²) < 4.78 is 61.8. The molecule has 2 aromatic carbocycles. The molecule has 0 bridgehead atoms. The Morgan fingerprint density at radius 3 is 0.865 bits per heavy atom. The van der Waals surface area contributed by atoms with E-state index in [9.17, 15) is 16.8 Å². The van der Waals surface area contributed by atoms with Crippen LogP contribution >= 0.6 is 31.9 Å². The quantitative estimate of drug-likeness (QED) is 0.0981. The molecule has 0 radical (unpaired) electrons. The number of nitrogens with zero attached hydrogens (tertiary/aromatic N) is 2. The van der Waals surface area contributed by atoms with Crippen molar-refractivity contribution in [1.29, 1.82) is 0 Å². The normalized spacial score (nSPS) is 13.6. The Hall–Kier alpha value is -1.56. The number of hydrogen-bond donors (Lipinski definition) is 0. The SMILES string of the molecule is CC(C)c1cc(C(C)C)c(S(=O)(=O)N(C/C=C\CBr)C/C=C/CN(C/C=C/CBr)S(=O)(=O)c2c(C(C)C)cc(C(C)C)cc2C(C)C)c(C(C)C)c1. The number of sulfonamides is 2. The Bertz CT molecular complexity index is 1590. The summed E-state index contributed by atoms with van der Waals surface area (Å²) in [6.07, 6.45) is 11.1. The minimum Gasteiger partial charge on any atom is -0.207 e. The van der Waals surface area contributed by atoms with Gasteiger partial charge in [-0.25, -0.2) is 16.8 Å². The molecule has 0 aliphatic heterocycles. The van der Waals surface area contributed by atoms with E-state index in [-0.39, 0.29) is 61.7 Å². The van der Waals surface area contributed by atoms with Crippen LogP contribution in [-0.2, 0) is 20.0 Å². The fourth-order valence-corrected chi connectivity index (χ4v) is 10.6. The van der Waals surface area contributed by atoms with E-state index in [2.05, 4.69) is 83.8 Å². The van der Waals surface area contributed by atoms with Crippen LogP contribution in [0, 0.1) is 0 Å². The van der Waals surface area contributed by atoms with Gasteiger partial charge >= 0.3 is 0 Å². The van der Waals surface area contributed by atoms with Crippen molar-refractivity contribution in [2.45, 2.75) is 128 Å². The van der Waals surface area contributed by atoms with Crippen molar-refractivity contribution in [3.63, 3.8) is 0 Å². The van der Waals surface area contributed by atoms with Gasteiger partial charge in [-0.15, -0.1) is 0 Å². The molecule has 0 atom stereocenters. The highest BCUT2D eigenvalue weighted by Crippen LogP contribution is 2.38. The number of allylic oxidation sites excluding steroid dienone is 2. The van der Waals surface area contributed by atoms with Crippen LogP contribution in [0.15, 0.2) is 70.5 Å². The van der Waals surface area contributed by atoms with Gasteiger partial charge in [0.15, 0.2) is 0 Å². The fourth-order valence-electron chi connectivity index (χ4n) is 6.07. The molecule has 0 amide bonds. The molecule has 0 N–H and O–H groups in total. The summed E-state index contributed by atoms with van der Waals surface area (Å²) >= 11 is 6.84. The first kappa shape index (κ1) is 46.6. The minimum absolute atomic E-state index is 0.00357. The highest BCUT2D eigenvalue weighted by atomic mass is 79.9. The number of benzene rings is 2. The van der Waals surface area contributed by atoms with E-state index in [1.165, 1.54) is 8.61 Å². The van der Waals surface area contributed by atoms with E-state index >= 15 is 0 Å². The third-order valence-electron chi connectivity index (χ3n) is 9.27. The summed E-state index contributed by atoms with van der Waals surface area (Å²) in [5, 5.41) is 1.22. The van der Waals surface area contributed by atoms with E-state index < -0.39 is 20.0 Å². The summed E-state index contributed by atoms with van der Waals surface area (Å²) in [6, 6.07) is 8.24. The van der Waals surface area contributed by atoms with Crippen LogP contribution in [0.1, 0.15) is 152 Å². The van der Waals surface area contributed by atoms with Crippen LogP contribution in [0.2, 0.25) is 0 Å². The van der Waals surface area contributed by atoms with Gasteiger partial charge in [0.05, 0.1) is 9.79 Å².